The Kier molecular flexibility index (Phi) is 6.49. The number of pyridine rings is 2. The average Bonchev–Trinajstić information content (AvgIpc) is 3.12. The Morgan fingerprint density at radius 2 is 1.89 bits per heavy atom. The van der Waals surface area contributed by atoms with Gasteiger partial charge < -0.3 is 15.4 Å². The Balaban J connectivity index is 1.31. The van der Waals surface area contributed by atoms with Crippen molar-refractivity contribution < 1.29 is 13.9 Å². The van der Waals surface area contributed by atoms with Crippen molar-refractivity contribution in [3.05, 3.63) is 101 Å². The van der Waals surface area contributed by atoms with Crippen LogP contribution in [-0.2, 0) is 0 Å². The molecule has 0 saturated heterocycles. The second-order valence-corrected chi connectivity index (χ2v) is 8.87. The fraction of sp³-hybridized carbons (Fsp3) is 0.115. The fourth-order valence-corrected chi connectivity index (χ4v) is 4.64. The molecule has 2 aromatic carbocycles. The molecule has 2 N–H and O–H groups in total. The number of carbonyl (C=O) groups excluding carboxylic acids is 1. The van der Waals surface area contributed by atoms with E-state index in [2.05, 4.69) is 15.6 Å². The number of hydrogen-bond acceptors (Lipinski definition) is 6. The summed E-state index contributed by atoms with van der Waals surface area (Å²) in [5.41, 5.74) is 0.459. The van der Waals surface area contributed by atoms with Crippen LogP contribution in [0.5, 0.6) is 11.5 Å². The van der Waals surface area contributed by atoms with E-state index in [0.717, 1.165) is 35.2 Å². The van der Waals surface area contributed by atoms with E-state index in [1.807, 2.05) is 6.07 Å². The Labute approximate surface area is 205 Å². The number of nitrogens with zero attached hydrogens (tertiary/aromatic N) is 2. The van der Waals surface area contributed by atoms with Gasteiger partial charge in [0.15, 0.2) is 0 Å². The summed E-state index contributed by atoms with van der Waals surface area (Å²) in [7, 11) is 0. The molecule has 3 heterocycles. The summed E-state index contributed by atoms with van der Waals surface area (Å²) in [6.45, 7) is 0.876. The Morgan fingerprint density at radius 1 is 1.09 bits per heavy atom. The number of carbonyl (C=O) groups is 1. The third kappa shape index (κ3) is 5.04. The zero-order chi connectivity index (χ0) is 24.2. The van der Waals surface area contributed by atoms with Gasteiger partial charge in [0.1, 0.15) is 28.7 Å². The maximum atomic E-state index is 13.2. The first kappa shape index (κ1) is 22.7. The number of rotatable bonds is 5. The van der Waals surface area contributed by atoms with Crippen LogP contribution in [0.4, 0.5) is 15.9 Å². The highest BCUT2D eigenvalue weighted by atomic mass is 32.2. The molecule has 5 rings (SSSR count). The van der Waals surface area contributed by atoms with E-state index in [9.17, 15) is 14.0 Å². The van der Waals surface area contributed by atoms with Crippen LogP contribution in [0, 0.1) is 5.82 Å². The van der Waals surface area contributed by atoms with Crippen LogP contribution in [0.2, 0.25) is 0 Å². The van der Waals surface area contributed by atoms with Crippen molar-refractivity contribution in [2.24, 2.45) is 0 Å². The van der Waals surface area contributed by atoms with Crippen molar-refractivity contribution >= 4 is 29.2 Å². The summed E-state index contributed by atoms with van der Waals surface area (Å²) >= 11 is 1.71. The van der Waals surface area contributed by atoms with Crippen molar-refractivity contribution in [1.82, 2.24) is 9.55 Å². The molecular weight excluding hydrogens is 467 g/mol. The highest BCUT2D eigenvalue weighted by molar-refractivity contribution is 7.99. The summed E-state index contributed by atoms with van der Waals surface area (Å²) in [5.74, 6) is 2.19. The zero-order valence-electron chi connectivity index (χ0n) is 18.5. The minimum absolute atomic E-state index is 0.0267. The molecule has 0 bridgehead atoms. The minimum atomic E-state index is -0.540. The molecule has 1 aliphatic heterocycles. The van der Waals surface area contributed by atoms with Gasteiger partial charge in [-0.15, -0.1) is 11.8 Å². The van der Waals surface area contributed by atoms with Gasteiger partial charge in [0, 0.05) is 36.4 Å². The van der Waals surface area contributed by atoms with E-state index < -0.39 is 17.3 Å². The molecule has 35 heavy (non-hydrogen) atoms. The lowest BCUT2D eigenvalue weighted by molar-refractivity contribution is 0.102. The molecule has 176 valence electrons. The molecule has 0 aliphatic carbocycles. The van der Waals surface area contributed by atoms with Crippen molar-refractivity contribution in [3.8, 4) is 17.2 Å². The van der Waals surface area contributed by atoms with Crippen molar-refractivity contribution in [1.29, 1.82) is 0 Å². The summed E-state index contributed by atoms with van der Waals surface area (Å²) in [5, 5.41) is 6.06. The van der Waals surface area contributed by atoms with E-state index in [1.54, 1.807) is 48.3 Å². The molecule has 0 unspecified atom stereocenters. The number of anilines is 2. The predicted molar refractivity (Wildman–Crippen MR) is 135 cm³/mol. The Bertz CT molecular complexity index is 1420. The first-order valence-electron chi connectivity index (χ1n) is 11.0. The first-order valence-corrected chi connectivity index (χ1v) is 12.0. The smallest absolute Gasteiger partial charge is 0.267 e. The molecular formula is C26H21FN4O3S. The summed E-state index contributed by atoms with van der Waals surface area (Å²) in [4.78, 5) is 31.0. The number of ether oxygens (including phenoxy) is 1. The molecule has 1 amide bonds. The normalized spacial score (nSPS) is 12.7. The van der Waals surface area contributed by atoms with Gasteiger partial charge in [0.05, 0.1) is 4.90 Å². The van der Waals surface area contributed by atoms with Gasteiger partial charge in [-0.2, -0.15) is 0 Å². The van der Waals surface area contributed by atoms with Crippen LogP contribution >= 0.6 is 11.8 Å². The highest BCUT2D eigenvalue weighted by Gasteiger charge is 2.16. The molecule has 0 spiro atoms. The lowest BCUT2D eigenvalue weighted by Gasteiger charge is -2.13. The van der Waals surface area contributed by atoms with E-state index in [4.69, 9.17) is 4.74 Å². The van der Waals surface area contributed by atoms with Crippen LogP contribution in [0.3, 0.4) is 0 Å². The number of benzene rings is 2. The quantitative estimate of drug-likeness (QED) is 0.395. The van der Waals surface area contributed by atoms with Gasteiger partial charge >= 0.3 is 0 Å². The Hall–Kier alpha value is -4.11. The second-order valence-electron chi connectivity index (χ2n) is 7.77. The highest BCUT2D eigenvalue weighted by Crippen LogP contribution is 2.39. The molecule has 0 atom stereocenters. The van der Waals surface area contributed by atoms with Crippen molar-refractivity contribution in [3.63, 3.8) is 0 Å². The van der Waals surface area contributed by atoms with E-state index >= 15 is 0 Å². The van der Waals surface area contributed by atoms with Crippen LogP contribution in [0.25, 0.3) is 5.69 Å². The number of halogens is 1. The summed E-state index contributed by atoms with van der Waals surface area (Å²) in [6, 6.07) is 17.3. The van der Waals surface area contributed by atoms with Gasteiger partial charge in [0.25, 0.3) is 11.5 Å². The minimum Gasteiger partial charge on any atom is -0.456 e. The maximum absolute atomic E-state index is 13.2. The largest absolute Gasteiger partial charge is 0.456 e. The summed E-state index contributed by atoms with van der Waals surface area (Å²) in [6.07, 6.45) is 4.29. The van der Waals surface area contributed by atoms with E-state index in [-0.39, 0.29) is 5.56 Å². The van der Waals surface area contributed by atoms with Crippen molar-refractivity contribution in [2.45, 2.75) is 11.3 Å². The lowest BCUT2D eigenvalue weighted by Crippen LogP contribution is -2.27. The van der Waals surface area contributed by atoms with E-state index in [0.29, 0.717) is 17.1 Å². The third-order valence-electron chi connectivity index (χ3n) is 5.37. The molecule has 9 heteroatoms. The van der Waals surface area contributed by atoms with Crippen LogP contribution in [0.15, 0.2) is 88.8 Å². The number of nitrogens with one attached hydrogen (secondary N) is 2. The fourth-order valence-electron chi connectivity index (χ4n) is 3.63. The van der Waals surface area contributed by atoms with Crippen molar-refractivity contribution in [2.75, 3.05) is 22.9 Å². The predicted octanol–water partition coefficient (Wildman–Crippen LogP) is 5.32. The number of thioether (sulfide) groups is 1. The molecule has 4 aromatic rings. The number of aromatic nitrogens is 2. The van der Waals surface area contributed by atoms with Gasteiger partial charge in [-0.05, 0) is 72.8 Å². The second kappa shape index (κ2) is 10.0. The van der Waals surface area contributed by atoms with Crippen LogP contribution < -0.4 is 20.9 Å². The molecule has 7 nitrogen and oxygen atoms in total. The third-order valence-corrected chi connectivity index (χ3v) is 6.54. The SMILES string of the molecule is O=C(Nc1ccc(Oc2ccnc3c2SCCCN3)cc1)c1cccn(-c2ccc(F)cc2)c1=O. The molecule has 0 fully saturated rings. The van der Waals surface area contributed by atoms with E-state index in [1.165, 1.54) is 41.1 Å². The standard InChI is InChI=1S/C26H21FN4O3S/c27-17-4-8-19(9-5-17)31-15-1-3-21(26(31)33)25(32)30-18-6-10-20(11-7-18)34-22-12-14-29-24-23(22)35-16-2-13-28-24/h1,3-12,14-15H,2,13,16H2,(H,28,29)(H,30,32). The molecule has 0 saturated carbocycles. The van der Waals surface area contributed by atoms with Gasteiger partial charge in [0.2, 0.25) is 0 Å². The van der Waals surface area contributed by atoms with Crippen LogP contribution in [-0.4, -0.2) is 27.8 Å². The maximum Gasteiger partial charge on any atom is 0.267 e. The number of hydrogen-bond donors (Lipinski definition) is 2. The topological polar surface area (TPSA) is 85.2 Å². The number of fused-ring (bicyclic) bond motifs is 1. The lowest BCUT2D eigenvalue weighted by atomic mass is 10.2. The van der Waals surface area contributed by atoms with Gasteiger partial charge in [-0.1, -0.05) is 0 Å². The van der Waals surface area contributed by atoms with Gasteiger partial charge in [-0.25, -0.2) is 9.37 Å². The molecule has 0 radical (unpaired) electrons. The van der Waals surface area contributed by atoms with Crippen LogP contribution in [0.1, 0.15) is 16.8 Å². The Morgan fingerprint density at radius 3 is 2.69 bits per heavy atom. The molecule has 2 aromatic heterocycles. The summed E-state index contributed by atoms with van der Waals surface area (Å²) < 4.78 is 20.6. The first-order chi connectivity index (χ1) is 17.1. The number of amides is 1. The molecule has 1 aliphatic rings. The zero-order valence-corrected chi connectivity index (χ0v) is 19.3. The van der Waals surface area contributed by atoms with Gasteiger partial charge in [-0.3, -0.25) is 14.2 Å². The monoisotopic (exact) mass is 488 g/mol. The average molecular weight is 489 g/mol.